The first-order valence-electron chi connectivity index (χ1n) is 3.68. The van der Waals surface area contributed by atoms with Gasteiger partial charge < -0.3 is 0 Å². The minimum atomic E-state index is 0. The van der Waals surface area contributed by atoms with Gasteiger partial charge in [-0.15, -0.1) is 0 Å². The fourth-order valence-corrected chi connectivity index (χ4v) is 1.55. The van der Waals surface area contributed by atoms with Crippen LogP contribution < -0.4 is 0 Å². The molecule has 0 aliphatic heterocycles. The number of halogens is 2. The van der Waals surface area contributed by atoms with Gasteiger partial charge in [0.15, 0.2) is 0 Å². The standard InChI is InChI=1S/C8H7Cl2N3.CH4/c9-7-3-6(1-2-12-13-11)4-8(10)5-7;/h3-5H,1-2H2;1H4. The van der Waals surface area contributed by atoms with Crippen molar-refractivity contribution >= 4 is 23.2 Å². The molecule has 0 aliphatic rings. The van der Waals surface area contributed by atoms with Crippen LogP contribution in [0.1, 0.15) is 13.0 Å². The predicted molar refractivity (Wildman–Crippen MR) is 60.9 cm³/mol. The van der Waals surface area contributed by atoms with Crippen molar-refractivity contribution < 1.29 is 0 Å². The van der Waals surface area contributed by atoms with Gasteiger partial charge in [0.05, 0.1) is 0 Å². The number of benzene rings is 1. The molecular weight excluding hydrogens is 221 g/mol. The molecule has 0 N–H and O–H groups in total. The summed E-state index contributed by atoms with van der Waals surface area (Å²) in [6, 6.07) is 5.28. The third-order valence-corrected chi connectivity index (χ3v) is 1.92. The van der Waals surface area contributed by atoms with Crippen LogP contribution in [0.5, 0.6) is 0 Å². The van der Waals surface area contributed by atoms with Crippen molar-refractivity contribution in [3.63, 3.8) is 0 Å². The molecule has 3 nitrogen and oxygen atoms in total. The monoisotopic (exact) mass is 231 g/mol. The molecular formula is C9H11Cl2N3. The second-order valence-corrected chi connectivity index (χ2v) is 3.36. The smallest absolute Gasteiger partial charge is 0.0423 e. The lowest BCUT2D eigenvalue weighted by Gasteiger charge is -1.99. The van der Waals surface area contributed by atoms with Crippen LogP contribution >= 0.6 is 23.2 Å². The lowest BCUT2D eigenvalue weighted by molar-refractivity contribution is 0.956. The minimum Gasteiger partial charge on any atom is -0.0936 e. The summed E-state index contributed by atoms with van der Waals surface area (Å²) >= 11 is 11.6. The van der Waals surface area contributed by atoms with Crippen LogP contribution in [-0.2, 0) is 6.42 Å². The average molecular weight is 232 g/mol. The van der Waals surface area contributed by atoms with E-state index in [2.05, 4.69) is 10.0 Å². The highest BCUT2D eigenvalue weighted by Gasteiger charge is 1.96. The van der Waals surface area contributed by atoms with E-state index in [1.807, 2.05) is 0 Å². The van der Waals surface area contributed by atoms with E-state index in [0.717, 1.165) is 5.56 Å². The molecule has 1 rings (SSSR count). The lowest BCUT2D eigenvalue weighted by atomic mass is 10.1. The Morgan fingerprint density at radius 1 is 1.21 bits per heavy atom. The van der Waals surface area contributed by atoms with Gasteiger partial charge in [-0.2, -0.15) is 0 Å². The van der Waals surface area contributed by atoms with Gasteiger partial charge in [-0.3, -0.25) is 0 Å². The molecule has 0 amide bonds. The van der Waals surface area contributed by atoms with Crippen LogP contribution in [0.15, 0.2) is 23.3 Å². The fraction of sp³-hybridized carbons (Fsp3) is 0.333. The highest BCUT2D eigenvalue weighted by Crippen LogP contribution is 2.19. The van der Waals surface area contributed by atoms with Gasteiger partial charge in [-0.25, -0.2) is 0 Å². The maximum absolute atomic E-state index is 8.06. The van der Waals surface area contributed by atoms with Crippen LogP contribution in [0.3, 0.4) is 0 Å². The summed E-state index contributed by atoms with van der Waals surface area (Å²) in [5, 5.41) is 4.62. The zero-order valence-electron chi connectivity index (χ0n) is 6.74. The van der Waals surface area contributed by atoms with Gasteiger partial charge in [0, 0.05) is 21.5 Å². The second kappa shape index (κ2) is 6.55. The summed E-state index contributed by atoms with van der Waals surface area (Å²) < 4.78 is 0. The number of azide groups is 1. The second-order valence-electron chi connectivity index (χ2n) is 2.48. The van der Waals surface area contributed by atoms with E-state index in [0.29, 0.717) is 23.0 Å². The van der Waals surface area contributed by atoms with Crippen LogP contribution in [-0.4, -0.2) is 6.54 Å². The molecule has 0 atom stereocenters. The summed E-state index contributed by atoms with van der Waals surface area (Å²) in [7, 11) is 0. The van der Waals surface area contributed by atoms with E-state index in [1.165, 1.54) is 0 Å². The maximum Gasteiger partial charge on any atom is 0.0423 e. The molecule has 0 radical (unpaired) electrons. The van der Waals surface area contributed by atoms with Crippen molar-refractivity contribution in [3.8, 4) is 0 Å². The molecule has 1 aromatic rings. The molecule has 76 valence electrons. The van der Waals surface area contributed by atoms with Crippen LogP contribution in [0.2, 0.25) is 10.0 Å². The maximum atomic E-state index is 8.06. The summed E-state index contributed by atoms with van der Waals surface area (Å²) in [5.74, 6) is 0. The van der Waals surface area contributed by atoms with Crippen LogP contribution in [0, 0.1) is 0 Å². The number of nitrogens with zero attached hydrogens (tertiary/aromatic N) is 3. The lowest BCUT2D eigenvalue weighted by Crippen LogP contribution is -1.88. The normalized spacial score (nSPS) is 8.71. The molecule has 0 aromatic heterocycles. The molecule has 14 heavy (non-hydrogen) atoms. The van der Waals surface area contributed by atoms with Gasteiger partial charge in [-0.1, -0.05) is 35.7 Å². The predicted octanol–water partition coefficient (Wildman–Crippen LogP) is 4.48. The Hall–Kier alpha value is -0.890. The van der Waals surface area contributed by atoms with E-state index in [-0.39, 0.29) is 7.43 Å². The van der Waals surface area contributed by atoms with E-state index in [4.69, 9.17) is 28.7 Å². The van der Waals surface area contributed by atoms with Crippen molar-refractivity contribution in [1.82, 2.24) is 0 Å². The number of rotatable bonds is 3. The first-order chi connectivity index (χ1) is 6.22. The Labute approximate surface area is 93.3 Å². The molecule has 1 aromatic carbocycles. The molecule has 5 heteroatoms. The molecule has 0 fully saturated rings. The van der Waals surface area contributed by atoms with Crippen molar-refractivity contribution in [2.75, 3.05) is 6.54 Å². The van der Waals surface area contributed by atoms with E-state index in [9.17, 15) is 0 Å². The molecule has 0 saturated carbocycles. The Kier molecular flexibility index (Phi) is 6.13. The third-order valence-electron chi connectivity index (χ3n) is 1.49. The third kappa shape index (κ3) is 4.38. The topological polar surface area (TPSA) is 48.8 Å². The van der Waals surface area contributed by atoms with Gasteiger partial charge in [0.1, 0.15) is 0 Å². The Bertz CT molecular complexity index is 326. The molecule has 0 saturated heterocycles. The van der Waals surface area contributed by atoms with E-state index in [1.54, 1.807) is 18.2 Å². The van der Waals surface area contributed by atoms with E-state index < -0.39 is 0 Å². The zero-order valence-corrected chi connectivity index (χ0v) is 8.26. The van der Waals surface area contributed by atoms with Gasteiger partial charge >= 0.3 is 0 Å². The molecule has 0 spiro atoms. The van der Waals surface area contributed by atoms with Crippen molar-refractivity contribution in [2.24, 2.45) is 5.11 Å². The first-order valence-corrected chi connectivity index (χ1v) is 4.44. The van der Waals surface area contributed by atoms with Crippen molar-refractivity contribution in [3.05, 3.63) is 44.3 Å². The van der Waals surface area contributed by atoms with Gasteiger partial charge in [0.2, 0.25) is 0 Å². The van der Waals surface area contributed by atoms with Crippen LogP contribution in [0.25, 0.3) is 10.4 Å². The molecule has 0 heterocycles. The highest BCUT2D eigenvalue weighted by atomic mass is 35.5. The Morgan fingerprint density at radius 3 is 2.29 bits per heavy atom. The van der Waals surface area contributed by atoms with E-state index >= 15 is 0 Å². The molecule has 0 aliphatic carbocycles. The SMILES string of the molecule is C.[N-]=[N+]=NCCc1cc(Cl)cc(Cl)c1. The number of hydrogen-bond acceptors (Lipinski definition) is 1. The van der Waals surface area contributed by atoms with Crippen molar-refractivity contribution in [2.45, 2.75) is 13.8 Å². The molecule has 0 unspecified atom stereocenters. The minimum absolute atomic E-state index is 0. The van der Waals surface area contributed by atoms with Gasteiger partial charge in [0.25, 0.3) is 0 Å². The Morgan fingerprint density at radius 2 is 1.79 bits per heavy atom. The van der Waals surface area contributed by atoms with Crippen LogP contribution in [0.4, 0.5) is 0 Å². The first kappa shape index (κ1) is 13.1. The quantitative estimate of drug-likeness (QED) is 0.419. The molecule has 0 bridgehead atoms. The summed E-state index contributed by atoms with van der Waals surface area (Å²) in [5.41, 5.74) is 9.04. The fourth-order valence-electron chi connectivity index (χ4n) is 0.979. The number of hydrogen-bond donors (Lipinski definition) is 0. The zero-order chi connectivity index (χ0) is 9.68. The summed E-state index contributed by atoms with van der Waals surface area (Å²) in [4.78, 5) is 2.65. The summed E-state index contributed by atoms with van der Waals surface area (Å²) in [6.45, 7) is 0.424. The highest BCUT2D eigenvalue weighted by molar-refractivity contribution is 6.34. The summed E-state index contributed by atoms with van der Waals surface area (Å²) in [6.07, 6.45) is 0.657. The Balaban J connectivity index is 0.00000169. The van der Waals surface area contributed by atoms with Gasteiger partial charge in [-0.05, 0) is 35.7 Å². The van der Waals surface area contributed by atoms with Crippen molar-refractivity contribution in [1.29, 1.82) is 0 Å². The largest absolute Gasteiger partial charge is 0.0936 e. The average Bonchev–Trinajstić information content (AvgIpc) is 2.03.